The third kappa shape index (κ3) is 2.71. The predicted molar refractivity (Wildman–Crippen MR) is 75.3 cm³/mol. The maximum atomic E-state index is 12.7. The second-order valence-electron chi connectivity index (χ2n) is 6.58. The summed E-state index contributed by atoms with van der Waals surface area (Å²) in [5.74, 6) is 0.885. The maximum Gasteiger partial charge on any atom is 0.240 e. The molecule has 5 heteroatoms. The van der Waals surface area contributed by atoms with E-state index in [9.17, 15) is 9.90 Å². The van der Waals surface area contributed by atoms with E-state index in [1.807, 2.05) is 11.8 Å². The largest absolute Gasteiger partial charge is 0.394 e. The van der Waals surface area contributed by atoms with Crippen LogP contribution < -0.4 is 5.32 Å². The highest BCUT2D eigenvalue weighted by atomic mass is 16.5. The molecule has 3 rings (SSSR count). The molecule has 5 unspecified atom stereocenters. The maximum absolute atomic E-state index is 12.7. The molecule has 0 aromatic rings. The molecule has 20 heavy (non-hydrogen) atoms. The minimum absolute atomic E-state index is 0.0140. The molecule has 2 saturated heterocycles. The lowest BCUT2D eigenvalue weighted by Gasteiger charge is -2.38. The van der Waals surface area contributed by atoms with Gasteiger partial charge in [0.25, 0.3) is 0 Å². The third-order valence-electron chi connectivity index (χ3n) is 5.15. The van der Waals surface area contributed by atoms with E-state index in [1.54, 1.807) is 0 Å². The Bertz CT molecular complexity index is 349. The smallest absolute Gasteiger partial charge is 0.240 e. The summed E-state index contributed by atoms with van der Waals surface area (Å²) in [5, 5.41) is 12.8. The summed E-state index contributed by atoms with van der Waals surface area (Å²) in [7, 11) is 0. The normalized spacial score (nSPS) is 41.5. The Morgan fingerprint density at radius 2 is 2.20 bits per heavy atom. The summed E-state index contributed by atoms with van der Waals surface area (Å²) in [6.45, 7) is 3.05. The van der Waals surface area contributed by atoms with Crippen molar-refractivity contribution in [1.82, 2.24) is 10.2 Å². The van der Waals surface area contributed by atoms with Crippen molar-refractivity contribution in [1.29, 1.82) is 0 Å². The second kappa shape index (κ2) is 6.00. The van der Waals surface area contributed by atoms with Crippen LogP contribution in [0.3, 0.4) is 0 Å². The summed E-state index contributed by atoms with van der Waals surface area (Å²) in [4.78, 5) is 14.6. The first-order valence-corrected chi connectivity index (χ1v) is 7.98. The number of ether oxygens (including phenoxy) is 1. The Balaban J connectivity index is 1.63. The van der Waals surface area contributed by atoms with Gasteiger partial charge in [-0.1, -0.05) is 12.8 Å². The average Bonchev–Trinajstić information content (AvgIpc) is 2.91. The monoisotopic (exact) mass is 282 g/mol. The molecular formula is C15H26N2O3. The summed E-state index contributed by atoms with van der Waals surface area (Å²) in [6, 6.07) is 0.625. The molecule has 0 aromatic carbocycles. The molecule has 2 heterocycles. The van der Waals surface area contributed by atoms with Gasteiger partial charge >= 0.3 is 0 Å². The molecule has 3 aliphatic rings. The fraction of sp³-hybridized carbons (Fsp3) is 0.933. The molecule has 1 amide bonds. The number of nitrogens with zero attached hydrogens (tertiary/aromatic N) is 1. The van der Waals surface area contributed by atoms with Crippen LogP contribution in [0.15, 0.2) is 0 Å². The van der Waals surface area contributed by atoms with Crippen LogP contribution in [-0.4, -0.2) is 59.9 Å². The van der Waals surface area contributed by atoms with Gasteiger partial charge in [-0.2, -0.15) is 0 Å². The van der Waals surface area contributed by atoms with Crippen LogP contribution in [0.4, 0.5) is 0 Å². The number of morpholine rings is 1. The van der Waals surface area contributed by atoms with E-state index in [2.05, 4.69) is 5.32 Å². The van der Waals surface area contributed by atoms with Gasteiger partial charge in [-0.05, 0) is 32.1 Å². The first-order valence-electron chi connectivity index (χ1n) is 7.98. The lowest BCUT2D eigenvalue weighted by atomic mass is 9.85. The number of aliphatic hydroxyl groups excluding tert-OH is 1. The first-order chi connectivity index (χ1) is 9.69. The Kier molecular flexibility index (Phi) is 4.29. The summed E-state index contributed by atoms with van der Waals surface area (Å²) < 4.78 is 5.51. The van der Waals surface area contributed by atoms with E-state index in [1.165, 1.54) is 25.7 Å². The van der Waals surface area contributed by atoms with E-state index in [0.29, 0.717) is 25.1 Å². The van der Waals surface area contributed by atoms with Crippen LogP contribution in [0.5, 0.6) is 0 Å². The lowest BCUT2D eigenvalue weighted by Crippen LogP contribution is -2.56. The number of hydrogen-bond acceptors (Lipinski definition) is 4. The molecule has 0 spiro atoms. The van der Waals surface area contributed by atoms with Crippen molar-refractivity contribution in [3.8, 4) is 0 Å². The topological polar surface area (TPSA) is 61.8 Å². The van der Waals surface area contributed by atoms with Crippen molar-refractivity contribution >= 4 is 5.91 Å². The van der Waals surface area contributed by atoms with Gasteiger partial charge in [-0.25, -0.2) is 0 Å². The van der Waals surface area contributed by atoms with Gasteiger partial charge in [-0.15, -0.1) is 0 Å². The number of carbonyl (C=O) groups excluding carboxylic acids is 1. The van der Waals surface area contributed by atoms with Crippen LogP contribution in [0.25, 0.3) is 0 Å². The molecule has 0 bridgehead atoms. The molecule has 5 atom stereocenters. The van der Waals surface area contributed by atoms with Crippen molar-refractivity contribution in [2.45, 2.75) is 63.3 Å². The van der Waals surface area contributed by atoms with E-state index >= 15 is 0 Å². The number of rotatable bonds is 2. The number of amides is 1. The van der Waals surface area contributed by atoms with Gasteiger partial charge in [0.2, 0.25) is 5.91 Å². The van der Waals surface area contributed by atoms with Crippen molar-refractivity contribution in [2.75, 3.05) is 19.8 Å². The molecule has 0 radical (unpaired) electrons. The Hall–Kier alpha value is -0.650. The summed E-state index contributed by atoms with van der Waals surface area (Å²) >= 11 is 0. The minimum atomic E-state index is -0.223. The SMILES string of the molecule is CC1COC(CO)CN1C(=O)C1CC2CCCCC2N1. The number of nitrogens with one attached hydrogen (secondary N) is 1. The van der Waals surface area contributed by atoms with Gasteiger partial charge in [0, 0.05) is 12.6 Å². The van der Waals surface area contributed by atoms with Crippen molar-refractivity contribution in [3.63, 3.8) is 0 Å². The number of carbonyl (C=O) groups is 1. The van der Waals surface area contributed by atoms with Crippen LogP contribution in [0.2, 0.25) is 0 Å². The van der Waals surface area contributed by atoms with Gasteiger partial charge in [0.1, 0.15) is 0 Å². The quantitative estimate of drug-likeness (QED) is 0.775. The van der Waals surface area contributed by atoms with Crippen LogP contribution >= 0.6 is 0 Å². The van der Waals surface area contributed by atoms with E-state index in [-0.39, 0.29) is 30.7 Å². The van der Waals surface area contributed by atoms with E-state index in [0.717, 1.165) is 6.42 Å². The number of aliphatic hydroxyl groups is 1. The number of hydrogen-bond donors (Lipinski definition) is 2. The fourth-order valence-corrected chi connectivity index (χ4v) is 3.95. The Morgan fingerprint density at radius 1 is 1.40 bits per heavy atom. The molecule has 2 aliphatic heterocycles. The molecule has 2 N–H and O–H groups in total. The zero-order valence-electron chi connectivity index (χ0n) is 12.3. The van der Waals surface area contributed by atoms with E-state index < -0.39 is 0 Å². The highest BCUT2D eigenvalue weighted by molar-refractivity contribution is 5.82. The Morgan fingerprint density at radius 3 is 2.95 bits per heavy atom. The third-order valence-corrected chi connectivity index (χ3v) is 5.15. The first kappa shape index (κ1) is 14.3. The molecule has 1 aliphatic carbocycles. The molecular weight excluding hydrogens is 256 g/mol. The zero-order chi connectivity index (χ0) is 14.1. The standard InChI is InChI=1S/C15H26N2O3/c1-10-9-20-12(8-18)7-17(10)15(19)14-6-11-4-2-3-5-13(11)16-14/h10-14,16,18H,2-9H2,1H3. The highest BCUT2D eigenvalue weighted by Crippen LogP contribution is 2.34. The summed E-state index contributed by atoms with van der Waals surface area (Å²) in [5.41, 5.74) is 0. The van der Waals surface area contributed by atoms with Gasteiger partial charge in [-0.3, -0.25) is 4.79 Å². The van der Waals surface area contributed by atoms with Crippen molar-refractivity contribution < 1.29 is 14.6 Å². The predicted octanol–water partition coefficient (Wildman–Crippen LogP) is 0.515. The van der Waals surface area contributed by atoms with Crippen molar-refractivity contribution in [3.05, 3.63) is 0 Å². The van der Waals surface area contributed by atoms with Crippen LogP contribution in [-0.2, 0) is 9.53 Å². The fourth-order valence-electron chi connectivity index (χ4n) is 3.95. The number of fused-ring (bicyclic) bond motifs is 1. The minimum Gasteiger partial charge on any atom is -0.394 e. The van der Waals surface area contributed by atoms with Gasteiger partial charge in [0.05, 0.1) is 31.4 Å². The molecule has 114 valence electrons. The van der Waals surface area contributed by atoms with Crippen LogP contribution in [0.1, 0.15) is 39.0 Å². The summed E-state index contributed by atoms with van der Waals surface area (Å²) in [6.07, 6.45) is 5.84. The van der Waals surface area contributed by atoms with Gasteiger partial charge < -0.3 is 20.1 Å². The average molecular weight is 282 g/mol. The zero-order valence-corrected chi connectivity index (χ0v) is 12.3. The lowest BCUT2D eigenvalue weighted by molar-refractivity contribution is -0.148. The molecule has 1 saturated carbocycles. The van der Waals surface area contributed by atoms with Crippen LogP contribution in [0, 0.1) is 5.92 Å². The molecule has 0 aromatic heterocycles. The van der Waals surface area contributed by atoms with Gasteiger partial charge in [0.15, 0.2) is 0 Å². The molecule has 5 nitrogen and oxygen atoms in total. The van der Waals surface area contributed by atoms with Crippen molar-refractivity contribution in [2.24, 2.45) is 5.92 Å². The highest BCUT2D eigenvalue weighted by Gasteiger charge is 2.41. The second-order valence-corrected chi connectivity index (χ2v) is 6.58. The van der Waals surface area contributed by atoms with E-state index in [4.69, 9.17) is 4.74 Å². The molecule has 3 fully saturated rings. The Labute approximate surface area is 120 Å².